The number of carbonyl (C=O) groups excluding carboxylic acids is 4. The lowest BCUT2D eigenvalue weighted by molar-refractivity contribution is -0.152. The average Bonchev–Trinajstić information content (AvgIpc) is 2.91. The zero-order chi connectivity index (χ0) is 18.7. The number of esters is 1. The maximum atomic E-state index is 12.3. The number of amides is 2. The first-order valence-corrected chi connectivity index (χ1v) is 8.79. The number of hydrogen-bond donors (Lipinski definition) is 0. The van der Waals surface area contributed by atoms with Gasteiger partial charge in [-0.15, -0.1) is 0 Å². The summed E-state index contributed by atoms with van der Waals surface area (Å²) in [7, 11) is 0. The molecular weight excluding hydrogens is 334 g/mol. The summed E-state index contributed by atoms with van der Waals surface area (Å²) in [5.41, 5.74) is 1.57. The molecule has 0 spiro atoms. The third kappa shape index (κ3) is 3.59. The molecule has 1 fully saturated rings. The van der Waals surface area contributed by atoms with Crippen molar-refractivity contribution in [1.82, 2.24) is 4.90 Å². The van der Waals surface area contributed by atoms with Gasteiger partial charge in [-0.05, 0) is 24.8 Å². The largest absolute Gasteiger partial charge is 0.456 e. The summed E-state index contributed by atoms with van der Waals surface area (Å²) in [6.45, 7) is 1.17. The Hall–Kier alpha value is -2.76. The summed E-state index contributed by atoms with van der Waals surface area (Å²) in [5, 5.41) is 0. The van der Waals surface area contributed by atoms with Gasteiger partial charge in [0.2, 0.25) is 11.8 Å². The molecule has 2 amide bonds. The molecule has 0 radical (unpaired) electrons. The van der Waals surface area contributed by atoms with Crippen LogP contribution in [0.1, 0.15) is 35.7 Å². The van der Waals surface area contributed by atoms with E-state index in [1.165, 1.54) is 0 Å². The van der Waals surface area contributed by atoms with Crippen LogP contribution in [0, 0.1) is 11.8 Å². The van der Waals surface area contributed by atoms with E-state index in [9.17, 15) is 19.2 Å². The molecule has 0 bridgehead atoms. The van der Waals surface area contributed by atoms with Crippen LogP contribution in [-0.2, 0) is 25.5 Å². The van der Waals surface area contributed by atoms with E-state index < -0.39 is 19.1 Å². The van der Waals surface area contributed by atoms with Crippen molar-refractivity contribution >= 4 is 23.6 Å². The van der Waals surface area contributed by atoms with E-state index in [4.69, 9.17) is 4.74 Å². The fourth-order valence-corrected chi connectivity index (χ4v) is 3.36. The Morgan fingerprint density at radius 2 is 1.62 bits per heavy atom. The number of ketones is 1. The van der Waals surface area contributed by atoms with Gasteiger partial charge in [0.1, 0.15) is 6.54 Å². The molecule has 2 atom stereocenters. The molecule has 6 nitrogen and oxygen atoms in total. The van der Waals surface area contributed by atoms with Crippen LogP contribution >= 0.6 is 0 Å². The van der Waals surface area contributed by atoms with Crippen LogP contribution < -0.4 is 0 Å². The molecule has 0 saturated carbocycles. The van der Waals surface area contributed by atoms with E-state index in [1.54, 1.807) is 12.1 Å². The monoisotopic (exact) mass is 355 g/mol. The molecule has 0 unspecified atom stereocenters. The minimum atomic E-state index is -0.753. The number of Topliss-reactive ketones (excluding diaryl/α,β-unsaturated/α-hetero) is 1. The summed E-state index contributed by atoms with van der Waals surface area (Å²) in [6, 6.07) is 7.10. The Labute approximate surface area is 151 Å². The number of ether oxygens (including phenoxy) is 1. The van der Waals surface area contributed by atoms with Crippen LogP contribution in [0.25, 0.3) is 0 Å². The van der Waals surface area contributed by atoms with Crippen LogP contribution in [-0.4, -0.2) is 41.6 Å². The van der Waals surface area contributed by atoms with Crippen molar-refractivity contribution in [2.24, 2.45) is 11.8 Å². The Morgan fingerprint density at radius 1 is 1.04 bits per heavy atom. The lowest BCUT2D eigenvalue weighted by Crippen LogP contribution is -2.37. The average molecular weight is 355 g/mol. The standard InChI is InChI=1S/C20H21NO5/c1-2-13-7-9-14(10-8-13)17(22)12-26-18(23)11-21-19(24)15-5-3-4-6-16(15)20(21)25/h3-4,7-10,15-16H,2,5-6,11-12H2,1H3/t15-,16+. The zero-order valence-corrected chi connectivity index (χ0v) is 14.6. The van der Waals surface area contributed by atoms with Gasteiger partial charge in [0.15, 0.2) is 12.4 Å². The smallest absolute Gasteiger partial charge is 0.326 e. The summed E-state index contributed by atoms with van der Waals surface area (Å²) < 4.78 is 4.98. The normalized spacial score (nSPS) is 21.7. The molecule has 136 valence electrons. The second-order valence-corrected chi connectivity index (χ2v) is 6.55. The van der Waals surface area contributed by atoms with Crippen molar-refractivity contribution < 1.29 is 23.9 Å². The molecule has 26 heavy (non-hydrogen) atoms. The number of allylic oxidation sites excluding steroid dienone is 2. The lowest BCUT2D eigenvalue weighted by Gasteiger charge is -2.14. The maximum absolute atomic E-state index is 12.3. The van der Waals surface area contributed by atoms with Gasteiger partial charge in [0.05, 0.1) is 11.8 Å². The Kier molecular flexibility index (Phi) is 5.30. The van der Waals surface area contributed by atoms with Gasteiger partial charge in [0.25, 0.3) is 0 Å². The van der Waals surface area contributed by atoms with Gasteiger partial charge >= 0.3 is 5.97 Å². The molecule has 6 heteroatoms. The maximum Gasteiger partial charge on any atom is 0.326 e. The molecule has 0 aromatic heterocycles. The highest BCUT2D eigenvalue weighted by molar-refractivity contribution is 6.07. The van der Waals surface area contributed by atoms with E-state index in [1.807, 2.05) is 31.2 Å². The Balaban J connectivity index is 1.53. The number of benzene rings is 1. The van der Waals surface area contributed by atoms with Gasteiger partial charge in [-0.3, -0.25) is 24.1 Å². The molecule has 1 heterocycles. The van der Waals surface area contributed by atoms with Crippen LogP contribution in [0.5, 0.6) is 0 Å². The first kappa shape index (κ1) is 18.0. The number of nitrogens with zero attached hydrogens (tertiary/aromatic N) is 1. The molecule has 1 aromatic carbocycles. The van der Waals surface area contributed by atoms with Crippen molar-refractivity contribution in [1.29, 1.82) is 0 Å². The number of hydrogen-bond acceptors (Lipinski definition) is 5. The minimum absolute atomic E-state index is 0.321. The molecule has 1 aromatic rings. The summed E-state index contributed by atoms with van der Waals surface area (Å²) in [6.07, 6.45) is 5.69. The van der Waals surface area contributed by atoms with Crippen molar-refractivity contribution in [3.05, 3.63) is 47.5 Å². The number of likely N-dealkylation sites (tertiary alicyclic amines) is 1. The summed E-state index contributed by atoms with van der Waals surface area (Å²) >= 11 is 0. The summed E-state index contributed by atoms with van der Waals surface area (Å²) in [5.74, 6) is -2.49. The number of aryl methyl sites for hydroxylation is 1. The van der Waals surface area contributed by atoms with Crippen molar-refractivity contribution in [3.8, 4) is 0 Å². The highest BCUT2D eigenvalue weighted by Crippen LogP contribution is 2.34. The SMILES string of the molecule is CCc1ccc(C(=O)COC(=O)CN2C(=O)[C@H]3CC=CC[C@H]3C2=O)cc1. The summed E-state index contributed by atoms with van der Waals surface area (Å²) in [4.78, 5) is 49.7. The molecule has 1 saturated heterocycles. The van der Waals surface area contributed by atoms with E-state index >= 15 is 0 Å². The van der Waals surface area contributed by atoms with Gasteiger partial charge in [0, 0.05) is 5.56 Å². The fourth-order valence-electron chi connectivity index (χ4n) is 3.36. The number of fused-ring (bicyclic) bond motifs is 1. The molecule has 3 rings (SSSR count). The topological polar surface area (TPSA) is 80.8 Å². The van der Waals surface area contributed by atoms with Crippen LogP contribution in [0.2, 0.25) is 0 Å². The molecule has 2 aliphatic rings. The highest BCUT2D eigenvalue weighted by Gasteiger charge is 2.47. The van der Waals surface area contributed by atoms with Crippen LogP contribution in [0.3, 0.4) is 0 Å². The number of carbonyl (C=O) groups is 4. The fraction of sp³-hybridized carbons (Fsp3) is 0.400. The van der Waals surface area contributed by atoms with E-state index in [0.29, 0.717) is 18.4 Å². The molecular formula is C20H21NO5. The van der Waals surface area contributed by atoms with Crippen molar-refractivity contribution in [2.75, 3.05) is 13.2 Å². The second kappa shape index (κ2) is 7.64. The third-order valence-corrected chi connectivity index (χ3v) is 4.93. The van der Waals surface area contributed by atoms with Crippen molar-refractivity contribution in [3.63, 3.8) is 0 Å². The van der Waals surface area contributed by atoms with Crippen LogP contribution in [0.15, 0.2) is 36.4 Å². The van der Waals surface area contributed by atoms with Gasteiger partial charge in [-0.2, -0.15) is 0 Å². The van der Waals surface area contributed by atoms with E-state index in [2.05, 4.69) is 0 Å². The first-order valence-electron chi connectivity index (χ1n) is 8.79. The van der Waals surface area contributed by atoms with Crippen molar-refractivity contribution in [2.45, 2.75) is 26.2 Å². The quantitative estimate of drug-likeness (QED) is 0.337. The van der Waals surface area contributed by atoms with Gasteiger partial charge in [-0.1, -0.05) is 43.3 Å². The van der Waals surface area contributed by atoms with E-state index in [0.717, 1.165) is 16.9 Å². The van der Waals surface area contributed by atoms with E-state index in [-0.39, 0.29) is 29.4 Å². The minimum Gasteiger partial charge on any atom is -0.456 e. The predicted molar refractivity (Wildman–Crippen MR) is 93.2 cm³/mol. The predicted octanol–water partition coefficient (Wildman–Crippen LogP) is 1.93. The third-order valence-electron chi connectivity index (χ3n) is 4.93. The molecule has 0 N–H and O–H groups in total. The van der Waals surface area contributed by atoms with Gasteiger partial charge < -0.3 is 4.74 Å². The number of rotatable bonds is 6. The number of imide groups is 1. The Morgan fingerprint density at radius 3 is 2.15 bits per heavy atom. The zero-order valence-electron chi connectivity index (χ0n) is 14.6. The van der Waals surface area contributed by atoms with Crippen LogP contribution in [0.4, 0.5) is 0 Å². The lowest BCUT2D eigenvalue weighted by atomic mass is 9.85. The first-order chi connectivity index (χ1) is 12.5. The second-order valence-electron chi connectivity index (χ2n) is 6.55. The molecule has 1 aliphatic carbocycles. The molecule has 1 aliphatic heterocycles. The van der Waals surface area contributed by atoms with Gasteiger partial charge in [-0.25, -0.2) is 0 Å². The Bertz CT molecular complexity index is 739. The highest BCUT2D eigenvalue weighted by atomic mass is 16.5.